The van der Waals surface area contributed by atoms with Gasteiger partial charge >= 0.3 is 0 Å². The Kier molecular flexibility index (Phi) is 16.7. The molecule has 0 heterocycles. The largest absolute Gasteiger partial charge is 0.372 e. The number of aryl methyl sites for hydroxylation is 1. The molecule has 176 valence electrons. The van der Waals surface area contributed by atoms with Gasteiger partial charge in [0.1, 0.15) is 0 Å². The lowest BCUT2D eigenvalue weighted by Gasteiger charge is -2.24. The Bertz CT molecular complexity index is 592. The van der Waals surface area contributed by atoms with Crippen LogP contribution in [0.2, 0.25) is 0 Å². The number of nitrogens with zero attached hydrogens (tertiary/aromatic N) is 1. The summed E-state index contributed by atoms with van der Waals surface area (Å²) in [7, 11) is 0. The lowest BCUT2D eigenvalue weighted by molar-refractivity contribution is -0.118. The van der Waals surface area contributed by atoms with Crippen LogP contribution in [0.5, 0.6) is 0 Å². The zero-order valence-corrected chi connectivity index (χ0v) is 20.4. The second-order valence-electron chi connectivity index (χ2n) is 8.71. The summed E-state index contributed by atoms with van der Waals surface area (Å²) in [6, 6.07) is 8.94. The number of nitrogens with two attached hydrogens (primary N) is 1. The number of para-hydroxylation sites is 1. The Labute approximate surface area is 192 Å². The highest BCUT2D eigenvalue weighted by Gasteiger charge is 2.07. The van der Waals surface area contributed by atoms with Gasteiger partial charge in [-0.25, -0.2) is 0 Å². The first-order chi connectivity index (χ1) is 15.2. The van der Waals surface area contributed by atoms with E-state index in [0.717, 1.165) is 25.9 Å². The highest BCUT2D eigenvalue weighted by atomic mass is 16.1. The first-order valence-corrected chi connectivity index (χ1v) is 12.9. The van der Waals surface area contributed by atoms with Gasteiger partial charge in [-0.2, -0.15) is 0 Å². The number of hydrogen-bond acceptors (Lipinski definition) is 2. The molecule has 3 heteroatoms. The van der Waals surface area contributed by atoms with Crippen LogP contribution in [0.25, 0.3) is 0 Å². The summed E-state index contributed by atoms with van der Waals surface area (Å²) in [5.41, 5.74) is 8.10. The fourth-order valence-corrected chi connectivity index (χ4v) is 4.21. The molecule has 2 N–H and O–H groups in total. The smallest absolute Gasteiger partial charge is 0.217 e. The minimum absolute atomic E-state index is 0.167. The van der Waals surface area contributed by atoms with Crippen LogP contribution in [0.1, 0.15) is 109 Å². The van der Waals surface area contributed by atoms with Crippen molar-refractivity contribution in [3.8, 4) is 0 Å². The third kappa shape index (κ3) is 14.0. The van der Waals surface area contributed by atoms with Gasteiger partial charge in [0, 0.05) is 25.2 Å². The van der Waals surface area contributed by atoms with E-state index in [9.17, 15) is 4.79 Å². The monoisotopic (exact) mass is 428 g/mol. The molecule has 1 aromatic carbocycles. The average molecular weight is 429 g/mol. The normalized spacial score (nSPS) is 11.3. The predicted octanol–water partition coefficient (Wildman–Crippen LogP) is 7.58. The van der Waals surface area contributed by atoms with Crippen molar-refractivity contribution >= 4 is 11.6 Å². The van der Waals surface area contributed by atoms with Crippen LogP contribution in [0.4, 0.5) is 5.69 Å². The topological polar surface area (TPSA) is 46.3 Å². The van der Waals surface area contributed by atoms with Gasteiger partial charge in [0.15, 0.2) is 0 Å². The lowest BCUT2D eigenvalue weighted by Crippen LogP contribution is -2.23. The van der Waals surface area contributed by atoms with Crippen molar-refractivity contribution in [2.24, 2.45) is 5.73 Å². The summed E-state index contributed by atoms with van der Waals surface area (Å²) >= 11 is 0. The third-order valence-corrected chi connectivity index (χ3v) is 6.12. The van der Waals surface area contributed by atoms with E-state index in [0.29, 0.717) is 6.42 Å². The summed E-state index contributed by atoms with van der Waals surface area (Å²) in [4.78, 5) is 13.1. The molecule has 0 aliphatic rings. The van der Waals surface area contributed by atoms with Crippen LogP contribution in [0.3, 0.4) is 0 Å². The van der Waals surface area contributed by atoms with E-state index in [1.54, 1.807) is 0 Å². The Morgan fingerprint density at radius 2 is 1.29 bits per heavy atom. The van der Waals surface area contributed by atoms with E-state index in [1.165, 1.54) is 88.3 Å². The number of rotatable bonds is 20. The van der Waals surface area contributed by atoms with E-state index in [1.807, 2.05) is 0 Å². The second kappa shape index (κ2) is 19.0. The van der Waals surface area contributed by atoms with Crippen LogP contribution in [-0.4, -0.2) is 19.0 Å². The van der Waals surface area contributed by atoms with Gasteiger partial charge in [0.25, 0.3) is 0 Å². The van der Waals surface area contributed by atoms with E-state index >= 15 is 0 Å². The molecule has 1 aromatic rings. The van der Waals surface area contributed by atoms with Gasteiger partial charge in [-0.1, -0.05) is 75.3 Å². The second-order valence-corrected chi connectivity index (χ2v) is 8.71. The average Bonchev–Trinajstić information content (AvgIpc) is 2.77. The van der Waals surface area contributed by atoms with Gasteiger partial charge in [-0.3, -0.25) is 4.79 Å². The van der Waals surface area contributed by atoms with Gasteiger partial charge in [0.05, 0.1) is 0 Å². The number of hydrogen-bond donors (Lipinski definition) is 1. The Balaban J connectivity index is 1.95. The van der Waals surface area contributed by atoms with E-state index in [-0.39, 0.29) is 5.91 Å². The molecule has 3 nitrogen and oxygen atoms in total. The molecule has 0 radical (unpaired) electrons. The Hall–Kier alpha value is -1.77. The van der Waals surface area contributed by atoms with Crippen LogP contribution >= 0.6 is 0 Å². The first-order valence-electron chi connectivity index (χ1n) is 12.9. The van der Waals surface area contributed by atoms with Gasteiger partial charge in [-0.15, -0.1) is 0 Å². The fraction of sp³-hybridized carbons (Fsp3) is 0.679. The van der Waals surface area contributed by atoms with E-state index in [4.69, 9.17) is 5.73 Å². The van der Waals surface area contributed by atoms with Crippen molar-refractivity contribution in [1.82, 2.24) is 0 Å². The maximum Gasteiger partial charge on any atom is 0.217 e. The molecule has 0 spiro atoms. The van der Waals surface area contributed by atoms with E-state index < -0.39 is 0 Å². The predicted molar refractivity (Wildman–Crippen MR) is 137 cm³/mol. The molecule has 0 bridgehead atoms. The SMILES string of the molecule is CCN(CC)c1ccccc1CCCCCCCC/C=C\CCCCCCCC(N)=O. The third-order valence-electron chi connectivity index (χ3n) is 6.12. The number of primary amides is 1. The minimum atomic E-state index is -0.167. The van der Waals surface area contributed by atoms with Crippen LogP contribution in [-0.2, 0) is 11.2 Å². The molecule has 1 rings (SSSR count). The molecule has 0 aromatic heterocycles. The van der Waals surface area contributed by atoms with Crippen molar-refractivity contribution < 1.29 is 4.79 Å². The number of unbranched alkanes of at least 4 members (excludes halogenated alkanes) is 11. The molecular formula is C28H48N2O. The molecule has 1 amide bonds. The number of anilines is 1. The zero-order chi connectivity index (χ0) is 22.6. The van der Waals surface area contributed by atoms with Gasteiger partial charge in [0.2, 0.25) is 5.91 Å². The Morgan fingerprint density at radius 1 is 0.774 bits per heavy atom. The molecule has 31 heavy (non-hydrogen) atoms. The standard InChI is InChI=1S/C28H48N2O/c1-3-30(4-2)27-24-21-20-23-26(27)22-18-16-14-12-10-8-6-5-7-9-11-13-15-17-19-25-28(29)31/h5,7,20-21,23-24H,3-4,6,8-19,22,25H2,1-2H3,(H2,29,31)/b7-5-. The Morgan fingerprint density at radius 3 is 1.87 bits per heavy atom. The summed E-state index contributed by atoms with van der Waals surface area (Å²) in [5.74, 6) is -0.167. The van der Waals surface area contributed by atoms with Crippen molar-refractivity contribution in [3.63, 3.8) is 0 Å². The van der Waals surface area contributed by atoms with Crippen LogP contribution < -0.4 is 10.6 Å². The van der Waals surface area contributed by atoms with Crippen molar-refractivity contribution in [2.45, 2.75) is 110 Å². The summed E-state index contributed by atoms with van der Waals surface area (Å²) in [5, 5.41) is 0. The van der Waals surface area contributed by atoms with E-state index in [2.05, 4.69) is 55.2 Å². The summed E-state index contributed by atoms with van der Waals surface area (Å²) < 4.78 is 0. The maximum absolute atomic E-state index is 10.7. The molecule has 0 aliphatic heterocycles. The molecule has 0 saturated heterocycles. The number of allylic oxidation sites excluding steroid dienone is 2. The van der Waals surface area contributed by atoms with Gasteiger partial charge < -0.3 is 10.6 Å². The van der Waals surface area contributed by atoms with Crippen molar-refractivity contribution in [3.05, 3.63) is 42.0 Å². The molecule has 0 fully saturated rings. The molecule has 0 unspecified atom stereocenters. The van der Waals surface area contributed by atoms with Gasteiger partial charge in [-0.05, 0) is 70.4 Å². The molecular weight excluding hydrogens is 380 g/mol. The van der Waals surface area contributed by atoms with Crippen molar-refractivity contribution in [2.75, 3.05) is 18.0 Å². The molecule has 0 saturated carbocycles. The maximum atomic E-state index is 10.7. The number of benzene rings is 1. The lowest BCUT2D eigenvalue weighted by atomic mass is 10.0. The van der Waals surface area contributed by atoms with Crippen LogP contribution in [0.15, 0.2) is 36.4 Å². The summed E-state index contributed by atoms with van der Waals surface area (Å²) in [6.07, 6.45) is 22.8. The molecule has 0 atom stereocenters. The fourth-order valence-electron chi connectivity index (χ4n) is 4.21. The van der Waals surface area contributed by atoms with Crippen molar-refractivity contribution in [1.29, 1.82) is 0 Å². The van der Waals surface area contributed by atoms with Crippen LogP contribution in [0, 0.1) is 0 Å². The number of amides is 1. The quantitative estimate of drug-likeness (QED) is 0.172. The first kappa shape index (κ1) is 27.3. The zero-order valence-electron chi connectivity index (χ0n) is 20.4. The highest BCUT2D eigenvalue weighted by molar-refractivity contribution is 5.73. The minimum Gasteiger partial charge on any atom is -0.372 e. The molecule has 0 aliphatic carbocycles. The number of carbonyl (C=O) groups excluding carboxylic acids is 1. The summed E-state index contributed by atoms with van der Waals surface area (Å²) in [6.45, 7) is 6.65. The highest BCUT2D eigenvalue weighted by Crippen LogP contribution is 2.22. The number of carbonyl (C=O) groups is 1.